The number of likely N-dealkylation sites (N-methyl/N-ethyl adjacent to an activating group) is 1. The first-order valence-corrected chi connectivity index (χ1v) is 10.7. The van der Waals surface area contributed by atoms with Crippen LogP contribution in [0.25, 0.3) is 0 Å². The highest BCUT2D eigenvalue weighted by atomic mass is 16.2. The number of hydrogen-bond acceptors (Lipinski definition) is 3. The zero-order valence-corrected chi connectivity index (χ0v) is 17.9. The summed E-state index contributed by atoms with van der Waals surface area (Å²) in [5, 5.41) is 2.87. The summed E-state index contributed by atoms with van der Waals surface area (Å²) in [5.74, 6) is -0.473. The van der Waals surface area contributed by atoms with E-state index < -0.39 is 0 Å². The number of benzene rings is 2. The molecule has 5 heteroatoms. The molecule has 2 aromatic carbocycles. The van der Waals surface area contributed by atoms with Gasteiger partial charge < -0.3 is 10.2 Å². The molecule has 0 saturated carbocycles. The predicted molar refractivity (Wildman–Crippen MR) is 119 cm³/mol. The fourth-order valence-electron chi connectivity index (χ4n) is 3.91. The number of ketones is 1. The van der Waals surface area contributed by atoms with Crippen molar-refractivity contribution in [2.75, 3.05) is 18.9 Å². The lowest BCUT2D eigenvalue weighted by Gasteiger charge is -2.18. The molecule has 1 aliphatic rings. The number of aryl methyl sites for hydroxylation is 3. The number of nitrogens with one attached hydrogen (secondary N) is 1. The maximum Gasteiger partial charge on any atom is 0.243 e. The van der Waals surface area contributed by atoms with Crippen molar-refractivity contribution in [1.29, 1.82) is 0 Å². The second kappa shape index (κ2) is 10.2. The van der Waals surface area contributed by atoms with Crippen LogP contribution in [0.4, 0.5) is 5.69 Å². The molecule has 0 unspecified atom stereocenters. The molecule has 2 amide bonds. The van der Waals surface area contributed by atoms with Gasteiger partial charge in [-0.05, 0) is 60.9 Å². The van der Waals surface area contributed by atoms with Crippen LogP contribution in [0, 0.1) is 0 Å². The van der Waals surface area contributed by atoms with Gasteiger partial charge in [0.15, 0.2) is 5.78 Å². The van der Waals surface area contributed by atoms with Gasteiger partial charge in [-0.25, -0.2) is 0 Å². The zero-order valence-electron chi connectivity index (χ0n) is 17.9. The summed E-state index contributed by atoms with van der Waals surface area (Å²) in [6, 6.07) is 13.5. The van der Waals surface area contributed by atoms with E-state index in [-0.39, 0.29) is 37.0 Å². The molecule has 158 valence electrons. The second-order valence-corrected chi connectivity index (χ2v) is 7.92. The summed E-state index contributed by atoms with van der Waals surface area (Å²) >= 11 is 0. The van der Waals surface area contributed by atoms with Crippen molar-refractivity contribution in [3.63, 3.8) is 0 Å². The van der Waals surface area contributed by atoms with Crippen LogP contribution < -0.4 is 5.32 Å². The third kappa shape index (κ3) is 5.56. The van der Waals surface area contributed by atoms with E-state index >= 15 is 0 Å². The molecule has 0 bridgehead atoms. The molecule has 0 radical (unpaired) electrons. The van der Waals surface area contributed by atoms with Gasteiger partial charge >= 0.3 is 0 Å². The van der Waals surface area contributed by atoms with E-state index in [1.165, 1.54) is 28.9 Å². The molecule has 0 atom stereocenters. The number of hydrogen-bond donors (Lipinski definition) is 1. The zero-order chi connectivity index (χ0) is 21.5. The number of anilines is 1. The van der Waals surface area contributed by atoms with E-state index in [2.05, 4.69) is 5.32 Å². The molecule has 0 fully saturated rings. The maximum atomic E-state index is 12.5. The molecule has 0 spiro atoms. The van der Waals surface area contributed by atoms with Crippen LogP contribution in [0.1, 0.15) is 59.7 Å². The Morgan fingerprint density at radius 3 is 2.47 bits per heavy atom. The first kappa shape index (κ1) is 21.8. The normalized spacial score (nSPS) is 12.7. The van der Waals surface area contributed by atoms with E-state index in [4.69, 9.17) is 0 Å². The Morgan fingerprint density at radius 1 is 0.967 bits per heavy atom. The molecular weight excluding hydrogens is 376 g/mol. The number of nitrogens with zero attached hydrogens (tertiary/aromatic N) is 1. The molecule has 1 aliphatic carbocycles. The minimum Gasteiger partial charge on any atom is -0.336 e. The van der Waals surface area contributed by atoms with Gasteiger partial charge in [0.1, 0.15) is 0 Å². The Labute approximate surface area is 178 Å². The van der Waals surface area contributed by atoms with Crippen molar-refractivity contribution in [1.82, 2.24) is 4.90 Å². The van der Waals surface area contributed by atoms with Crippen LogP contribution in [0.15, 0.2) is 42.5 Å². The Morgan fingerprint density at radius 2 is 1.70 bits per heavy atom. The fraction of sp³-hybridized carbons (Fsp3) is 0.400. The Kier molecular flexibility index (Phi) is 7.39. The Balaban J connectivity index is 1.49. The van der Waals surface area contributed by atoms with Crippen molar-refractivity contribution in [3.05, 3.63) is 64.7 Å². The van der Waals surface area contributed by atoms with Crippen LogP contribution in [-0.2, 0) is 28.9 Å². The molecule has 0 heterocycles. The van der Waals surface area contributed by atoms with Crippen LogP contribution in [0.5, 0.6) is 0 Å². The van der Waals surface area contributed by atoms with Crippen molar-refractivity contribution in [2.24, 2.45) is 0 Å². The largest absolute Gasteiger partial charge is 0.336 e. The van der Waals surface area contributed by atoms with Gasteiger partial charge in [-0.15, -0.1) is 0 Å². The van der Waals surface area contributed by atoms with Gasteiger partial charge in [0.25, 0.3) is 0 Å². The number of carbonyl (C=O) groups excluding carboxylic acids is 3. The second-order valence-electron chi connectivity index (χ2n) is 7.92. The highest BCUT2D eigenvalue weighted by Crippen LogP contribution is 2.23. The van der Waals surface area contributed by atoms with Gasteiger partial charge in [-0.2, -0.15) is 0 Å². The van der Waals surface area contributed by atoms with E-state index in [0.29, 0.717) is 5.56 Å². The van der Waals surface area contributed by atoms with Crippen LogP contribution in [0.3, 0.4) is 0 Å². The summed E-state index contributed by atoms with van der Waals surface area (Å²) in [5.41, 5.74) is 5.10. The number of Topliss-reactive ketones (excluding diaryl/α,β-unsaturated/α-hetero) is 1. The molecule has 3 rings (SSSR count). The highest BCUT2D eigenvalue weighted by molar-refractivity contribution is 5.99. The maximum absolute atomic E-state index is 12.5. The summed E-state index contributed by atoms with van der Waals surface area (Å²) in [6.45, 7) is 1.99. The molecule has 1 N–H and O–H groups in total. The summed E-state index contributed by atoms with van der Waals surface area (Å²) in [6.07, 6.45) is 5.55. The van der Waals surface area contributed by atoms with Crippen LogP contribution in [-0.4, -0.2) is 36.1 Å². The standard InChI is InChI=1S/C25H30N2O3/c1-3-18-8-6-7-11-22(18)26-24(29)17-27(2)25(30)15-14-23(28)21-13-12-19-9-4-5-10-20(19)16-21/h6-8,11-13,16H,3-5,9-10,14-15,17H2,1-2H3,(H,26,29). The summed E-state index contributed by atoms with van der Waals surface area (Å²) < 4.78 is 0. The number of para-hydroxylation sites is 1. The van der Waals surface area contributed by atoms with Crippen molar-refractivity contribution >= 4 is 23.3 Å². The lowest BCUT2D eigenvalue weighted by Crippen LogP contribution is -2.35. The molecule has 0 saturated heterocycles. The number of amides is 2. The molecule has 5 nitrogen and oxygen atoms in total. The first-order chi connectivity index (χ1) is 14.5. The van der Waals surface area contributed by atoms with Gasteiger partial charge in [-0.3, -0.25) is 14.4 Å². The average molecular weight is 407 g/mol. The topological polar surface area (TPSA) is 66.5 Å². The third-order valence-corrected chi connectivity index (χ3v) is 5.72. The monoisotopic (exact) mass is 406 g/mol. The molecule has 30 heavy (non-hydrogen) atoms. The predicted octanol–water partition coefficient (Wildman–Crippen LogP) is 4.19. The number of rotatable bonds is 8. The summed E-state index contributed by atoms with van der Waals surface area (Å²) in [4.78, 5) is 38.7. The fourth-order valence-corrected chi connectivity index (χ4v) is 3.91. The van der Waals surface area contributed by atoms with Crippen molar-refractivity contribution in [2.45, 2.75) is 51.9 Å². The molecule has 0 aromatic heterocycles. The highest BCUT2D eigenvalue weighted by Gasteiger charge is 2.17. The molecule has 2 aromatic rings. The van der Waals surface area contributed by atoms with E-state index in [0.717, 1.165) is 30.5 Å². The smallest absolute Gasteiger partial charge is 0.243 e. The Bertz CT molecular complexity index is 936. The lowest BCUT2D eigenvalue weighted by atomic mass is 9.89. The van der Waals surface area contributed by atoms with Gasteiger partial charge in [0.2, 0.25) is 11.8 Å². The van der Waals surface area contributed by atoms with Gasteiger partial charge in [0.05, 0.1) is 6.54 Å². The minimum absolute atomic E-state index is 0.0218. The Hall–Kier alpha value is -2.95. The van der Waals surface area contributed by atoms with Gasteiger partial charge in [0, 0.05) is 31.1 Å². The number of carbonyl (C=O) groups is 3. The van der Waals surface area contributed by atoms with Crippen LogP contribution in [0.2, 0.25) is 0 Å². The van der Waals surface area contributed by atoms with Gasteiger partial charge in [-0.1, -0.05) is 37.3 Å². The quantitative estimate of drug-likeness (QED) is 0.669. The van der Waals surface area contributed by atoms with Crippen LogP contribution >= 0.6 is 0 Å². The molecule has 0 aliphatic heterocycles. The SMILES string of the molecule is CCc1ccccc1NC(=O)CN(C)C(=O)CCC(=O)c1ccc2c(c1)CCCC2. The lowest BCUT2D eigenvalue weighted by molar-refractivity contribution is -0.133. The van der Waals surface area contributed by atoms with Crippen molar-refractivity contribution in [3.8, 4) is 0 Å². The number of fused-ring (bicyclic) bond motifs is 1. The van der Waals surface area contributed by atoms with E-state index in [1.807, 2.05) is 49.4 Å². The summed E-state index contributed by atoms with van der Waals surface area (Å²) in [7, 11) is 1.59. The van der Waals surface area contributed by atoms with E-state index in [1.54, 1.807) is 7.05 Å². The first-order valence-electron chi connectivity index (χ1n) is 10.7. The van der Waals surface area contributed by atoms with E-state index in [9.17, 15) is 14.4 Å². The molecular formula is C25H30N2O3. The average Bonchev–Trinajstić information content (AvgIpc) is 2.77. The van der Waals surface area contributed by atoms with Crippen molar-refractivity contribution < 1.29 is 14.4 Å². The third-order valence-electron chi connectivity index (χ3n) is 5.72. The minimum atomic E-state index is -0.243.